The molecule has 7 nitrogen and oxygen atoms in total. The SMILES string of the molecule is O=c1[nH]c2ccc(S(=O)(=O)N3CCC[C@H]3CN3CCCC3)cc2c2cc[nH]c12. The Kier molecular flexibility index (Phi) is 4.30. The Balaban J connectivity index is 1.54. The van der Waals surface area contributed by atoms with Crippen molar-refractivity contribution in [3.8, 4) is 0 Å². The Morgan fingerprint density at radius 1 is 1.04 bits per heavy atom. The Morgan fingerprint density at radius 3 is 2.68 bits per heavy atom. The fraction of sp³-hybridized carbons (Fsp3) is 0.450. The Bertz CT molecular complexity index is 1190. The molecule has 0 radical (unpaired) electrons. The van der Waals surface area contributed by atoms with Gasteiger partial charge in [0.1, 0.15) is 5.52 Å². The first-order valence-electron chi connectivity index (χ1n) is 9.91. The Morgan fingerprint density at radius 2 is 1.86 bits per heavy atom. The number of hydrogen-bond donors (Lipinski definition) is 2. The highest BCUT2D eigenvalue weighted by atomic mass is 32.2. The van der Waals surface area contributed by atoms with Gasteiger partial charge in [-0.15, -0.1) is 0 Å². The van der Waals surface area contributed by atoms with Crippen LogP contribution in [0.5, 0.6) is 0 Å². The molecule has 28 heavy (non-hydrogen) atoms. The largest absolute Gasteiger partial charge is 0.357 e. The third kappa shape index (κ3) is 2.87. The summed E-state index contributed by atoms with van der Waals surface area (Å²) in [7, 11) is -3.58. The van der Waals surface area contributed by atoms with E-state index >= 15 is 0 Å². The monoisotopic (exact) mass is 400 g/mol. The number of nitrogens with one attached hydrogen (secondary N) is 2. The van der Waals surface area contributed by atoms with E-state index in [-0.39, 0.29) is 11.6 Å². The summed E-state index contributed by atoms with van der Waals surface area (Å²) in [6.45, 7) is 3.53. The summed E-state index contributed by atoms with van der Waals surface area (Å²) in [5.41, 5.74) is 0.912. The third-order valence-corrected chi connectivity index (χ3v) is 8.05. The number of benzene rings is 1. The number of nitrogens with zero attached hydrogens (tertiary/aromatic N) is 2. The number of H-pyrrole nitrogens is 2. The number of sulfonamides is 1. The molecule has 8 heteroatoms. The smallest absolute Gasteiger partial charge is 0.272 e. The number of likely N-dealkylation sites (tertiary alicyclic amines) is 1. The van der Waals surface area contributed by atoms with Crippen LogP contribution < -0.4 is 5.56 Å². The van der Waals surface area contributed by atoms with Gasteiger partial charge in [0.05, 0.1) is 4.90 Å². The molecular formula is C20H24N4O3S. The number of fused-ring (bicyclic) bond motifs is 3. The summed E-state index contributed by atoms with van der Waals surface area (Å²) >= 11 is 0. The average molecular weight is 401 g/mol. The van der Waals surface area contributed by atoms with Gasteiger partial charge in [0.15, 0.2) is 0 Å². The van der Waals surface area contributed by atoms with Crippen molar-refractivity contribution < 1.29 is 8.42 Å². The van der Waals surface area contributed by atoms with Crippen LogP contribution in [0.4, 0.5) is 0 Å². The van der Waals surface area contributed by atoms with Gasteiger partial charge in [0, 0.05) is 41.6 Å². The van der Waals surface area contributed by atoms with Gasteiger partial charge in [-0.1, -0.05) is 0 Å². The van der Waals surface area contributed by atoms with E-state index in [0.717, 1.165) is 43.2 Å². The standard InChI is InChI=1S/C20H24N4O3S/c25-20-19-16(7-8-21-19)17-12-15(5-6-18(17)22-20)28(26,27)24-11-3-4-14(24)13-23-9-1-2-10-23/h5-8,12,14,21H,1-4,9-11,13H2,(H,22,25)/t14-/m0/s1. The molecule has 2 aromatic heterocycles. The predicted molar refractivity (Wildman–Crippen MR) is 109 cm³/mol. The van der Waals surface area contributed by atoms with Crippen molar-refractivity contribution in [1.29, 1.82) is 0 Å². The van der Waals surface area contributed by atoms with E-state index in [4.69, 9.17) is 0 Å². The molecule has 0 aliphatic carbocycles. The first-order valence-corrected chi connectivity index (χ1v) is 11.4. The van der Waals surface area contributed by atoms with Crippen molar-refractivity contribution in [3.05, 3.63) is 40.8 Å². The van der Waals surface area contributed by atoms with Gasteiger partial charge in [-0.25, -0.2) is 8.42 Å². The van der Waals surface area contributed by atoms with Crippen LogP contribution in [0.3, 0.4) is 0 Å². The van der Waals surface area contributed by atoms with Crippen molar-refractivity contribution in [2.45, 2.75) is 36.6 Å². The van der Waals surface area contributed by atoms with Crippen LogP contribution in [-0.4, -0.2) is 59.8 Å². The molecule has 0 unspecified atom stereocenters. The molecule has 148 valence electrons. The molecule has 0 bridgehead atoms. The molecule has 5 rings (SSSR count). The fourth-order valence-corrected chi connectivity index (χ4v) is 6.40. The molecule has 1 aromatic carbocycles. The summed E-state index contributed by atoms with van der Waals surface area (Å²) < 4.78 is 28.5. The lowest BCUT2D eigenvalue weighted by atomic mass is 10.1. The second-order valence-electron chi connectivity index (χ2n) is 7.85. The van der Waals surface area contributed by atoms with Crippen molar-refractivity contribution in [1.82, 2.24) is 19.2 Å². The molecule has 4 heterocycles. The molecule has 0 saturated carbocycles. The summed E-state index contributed by atoms with van der Waals surface area (Å²) in [4.78, 5) is 20.6. The van der Waals surface area contributed by atoms with E-state index in [1.54, 1.807) is 28.7 Å². The lowest BCUT2D eigenvalue weighted by molar-refractivity contribution is 0.257. The maximum Gasteiger partial charge on any atom is 0.272 e. The molecule has 3 aromatic rings. The second kappa shape index (κ2) is 6.72. The molecule has 1 atom stereocenters. The average Bonchev–Trinajstić information content (AvgIpc) is 3.44. The van der Waals surface area contributed by atoms with Crippen LogP contribution in [0.25, 0.3) is 21.8 Å². The van der Waals surface area contributed by atoms with Crippen LogP contribution in [0, 0.1) is 0 Å². The molecule has 2 saturated heterocycles. The molecule has 2 aliphatic heterocycles. The van der Waals surface area contributed by atoms with Gasteiger partial charge in [0.25, 0.3) is 5.56 Å². The summed E-state index contributed by atoms with van der Waals surface area (Å²) in [5.74, 6) is 0. The van der Waals surface area contributed by atoms with E-state index < -0.39 is 10.0 Å². The first kappa shape index (κ1) is 17.9. The van der Waals surface area contributed by atoms with Gasteiger partial charge >= 0.3 is 0 Å². The van der Waals surface area contributed by atoms with Crippen LogP contribution in [-0.2, 0) is 10.0 Å². The number of aromatic amines is 2. The zero-order chi connectivity index (χ0) is 19.3. The van der Waals surface area contributed by atoms with Crippen LogP contribution >= 0.6 is 0 Å². The quantitative estimate of drug-likeness (QED) is 0.703. The minimum atomic E-state index is -3.58. The summed E-state index contributed by atoms with van der Waals surface area (Å²) in [6.07, 6.45) is 5.93. The number of pyridine rings is 1. The van der Waals surface area contributed by atoms with Gasteiger partial charge in [-0.3, -0.25) is 4.79 Å². The zero-order valence-electron chi connectivity index (χ0n) is 15.6. The van der Waals surface area contributed by atoms with Gasteiger partial charge < -0.3 is 14.9 Å². The maximum absolute atomic E-state index is 13.4. The Labute approximate surface area is 163 Å². The minimum Gasteiger partial charge on any atom is -0.357 e. The minimum absolute atomic E-state index is 0.0432. The number of aromatic nitrogens is 2. The maximum atomic E-state index is 13.4. The number of hydrogen-bond acceptors (Lipinski definition) is 4. The van der Waals surface area contributed by atoms with E-state index in [0.29, 0.717) is 22.5 Å². The van der Waals surface area contributed by atoms with Crippen molar-refractivity contribution in [2.75, 3.05) is 26.2 Å². The van der Waals surface area contributed by atoms with Crippen molar-refractivity contribution >= 4 is 31.8 Å². The fourth-order valence-electron chi connectivity index (χ4n) is 4.69. The second-order valence-corrected chi connectivity index (χ2v) is 9.74. The topological polar surface area (TPSA) is 89.3 Å². The molecule has 2 N–H and O–H groups in total. The summed E-state index contributed by atoms with van der Waals surface area (Å²) in [6, 6.07) is 6.86. The van der Waals surface area contributed by atoms with E-state index in [2.05, 4.69) is 14.9 Å². The number of rotatable bonds is 4. The van der Waals surface area contributed by atoms with Crippen LogP contribution in [0.15, 0.2) is 40.2 Å². The highest BCUT2D eigenvalue weighted by molar-refractivity contribution is 7.89. The highest BCUT2D eigenvalue weighted by Crippen LogP contribution is 2.30. The predicted octanol–water partition coefficient (Wildman–Crippen LogP) is 2.26. The van der Waals surface area contributed by atoms with Crippen molar-refractivity contribution in [3.63, 3.8) is 0 Å². The van der Waals surface area contributed by atoms with Gasteiger partial charge in [0.2, 0.25) is 10.0 Å². The first-order chi connectivity index (χ1) is 13.5. The normalized spacial score (nSPS) is 21.9. The summed E-state index contributed by atoms with van der Waals surface area (Å²) in [5, 5.41) is 1.48. The third-order valence-electron chi connectivity index (χ3n) is 6.10. The van der Waals surface area contributed by atoms with E-state index in [1.165, 1.54) is 12.8 Å². The van der Waals surface area contributed by atoms with Crippen LogP contribution in [0.2, 0.25) is 0 Å². The molecule has 0 amide bonds. The van der Waals surface area contributed by atoms with Crippen molar-refractivity contribution in [2.24, 2.45) is 0 Å². The molecule has 0 spiro atoms. The lowest BCUT2D eigenvalue weighted by Crippen LogP contribution is -2.42. The molecular weight excluding hydrogens is 376 g/mol. The Hall–Kier alpha value is -2.16. The molecule has 2 fully saturated rings. The van der Waals surface area contributed by atoms with E-state index in [1.807, 2.05) is 6.07 Å². The zero-order valence-corrected chi connectivity index (χ0v) is 16.5. The van der Waals surface area contributed by atoms with Gasteiger partial charge in [-0.05, 0) is 63.0 Å². The molecule has 2 aliphatic rings. The highest BCUT2D eigenvalue weighted by Gasteiger charge is 2.36. The van der Waals surface area contributed by atoms with Crippen LogP contribution in [0.1, 0.15) is 25.7 Å². The van der Waals surface area contributed by atoms with Gasteiger partial charge in [-0.2, -0.15) is 4.31 Å². The van der Waals surface area contributed by atoms with E-state index in [9.17, 15) is 13.2 Å². The lowest BCUT2D eigenvalue weighted by Gasteiger charge is -2.28.